The number of benzene rings is 1. The van der Waals surface area contributed by atoms with Crippen LogP contribution >= 0.6 is 0 Å². The van der Waals surface area contributed by atoms with E-state index in [4.69, 9.17) is 4.74 Å². The van der Waals surface area contributed by atoms with Crippen LogP contribution in [0.5, 0.6) is 5.75 Å². The molecule has 0 radical (unpaired) electrons. The van der Waals surface area contributed by atoms with E-state index in [1.807, 2.05) is 6.92 Å². The third-order valence-corrected chi connectivity index (χ3v) is 4.63. The number of hydrogen-bond acceptors (Lipinski definition) is 3. The van der Waals surface area contributed by atoms with E-state index >= 15 is 0 Å². The van der Waals surface area contributed by atoms with E-state index in [1.54, 1.807) is 0 Å². The summed E-state index contributed by atoms with van der Waals surface area (Å²) in [7, 11) is 0. The number of nitrogens with one attached hydrogen (secondary N) is 1. The highest BCUT2D eigenvalue weighted by Crippen LogP contribution is 2.35. The van der Waals surface area contributed by atoms with Crippen molar-refractivity contribution >= 4 is 0 Å². The zero-order valence-corrected chi connectivity index (χ0v) is 11.9. The lowest BCUT2D eigenvalue weighted by Gasteiger charge is -2.27. The molecule has 0 spiro atoms. The van der Waals surface area contributed by atoms with Gasteiger partial charge >= 0.3 is 0 Å². The fourth-order valence-electron chi connectivity index (χ4n) is 3.52. The Morgan fingerprint density at radius 1 is 1.26 bits per heavy atom. The summed E-state index contributed by atoms with van der Waals surface area (Å²) in [5.74, 6) is 2.75. The normalized spacial score (nSPS) is 28.3. The highest BCUT2D eigenvalue weighted by atomic mass is 16.5. The van der Waals surface area contributed by atoms with Crippen LogP contribution in [0.1, 0.15) is 25.5 Å². The molecule has 1 unspecified atom stereocenters. The summed E-state index contributed by atoms with van der Waals surface area (Å²) < 4.78 is 5.77. The van der Waals surface area contributed by atoms with Crippen LogP contribution in [0.4, 0.5) is 0 Å². The summed E-state index contributed by atoms with van der Waals surface area (Å²) in [4.78, 5) is 2.62. The molecule has 2 aliphatic heterocycles. The molecule has 104 valence electrons. The van der Waals surface area contributed by atoms with Gasteiger partial charge < -0.3 is 10.1 Å². The van der Waals surface area contributed by atoms with Crippen molar-refractivity contribution in [2.75, 3.05) is 32.8 Å². The van der Waals surface area contributed by atoms with Crippen LogP contribution in [0.25, 0.3) is 0 Å². The van der Waals surface area contributed by atoms with Gasteiger partial charge in [0.1, 0.15) is 5.75 Å². The highest BCUT2D eigenvalue weighted by Gasteiger charge is 2.38. The fraction of sp³-hybridized carbons (Fsp3) is 0.625. The maximum atomic E-state index is 5.77. The molecule has 2 aliphatic rings. The lowest BCUT2D eigenvalue weighted by Crippen LogP contribution is -2.28. The van der Waals surface area contributed by atoms with Crippen LogP contribution in [0.3, 0.4) is 0 Å². The van der Waals surface area contributed by atoms with Gasteiger partial charge in [-0.1, -0.05) is 18.2 Å². The maximum Gasteiger partial charge on any atom is 0.124 e. The van der Waals surface area contributed by atoms with E-state index < -0.39 is 0 Å². The van der Waals surface area contributed by atoms with E-state index in [0.717, 1.165) is 24.2 Å². The number of para-hydroxylation sites is 1. The van der Waals surface area contributed by atoms with Gasteiger partial charge in [0.25, 0.3) is 0 Å². The van der Waals surface area contributed by atoms with Crippen LogP contribution in [0.2, 0.25) is 0 Å². The van der Waals surface area contributed by atoms with Crippen molar-refractivity contribution in [1.29, 1.82) is 0 Å². The van der Waals surface area contributed by atoms with E-state index in [-0.39, 0.29) is 0 Å². The van der Waals surface area contributed by atoms with Crippen LogP contribution < -0.4 is 10.1 Å². The molecule has 3 nitrogen and oxygen atoms in total. The summed E-state index contributed by atoms with van der Waals surface area (Å²) >= 11 is 0. The van der Waals surface area contributed by atoms with E-state index in [0.29, 0.717) is 6.04 Å². The molecule has 2 heterocycles. The zero-order chi connectivity index (χ0) is 13.2. The molecule has 3 heteroatoms. The van der Waals surface area contributed by atoms with Gasteiger partial charge in [0.05, 0.1) is 6.61 Å². The number of fused-ring (bicyclic) bond motifs is 1. The molecule has 0 amide bonds. The molecule has 1 aromatic rings. The standard InChI is InChI=1S/C16H24N2O/c1-3-19-16-7-5-4-6-15(16)12(2)18-10-13-8-17-9-14(13)11-18/h4-7,12-14,17H,3,8-11H2,1-2H3/t12?,13-,14+. The second-order valence-electron chi connectivity index (χ2n) is 5.78. The first-order valence-corrected chi connectivity index (χ1v) is 7.46. The van der Waals surface area contributed by atoms with Crippen LogP contribution in [0, 0.1) is 11.8 Å². The number of likely N-dealkylation sites (tertiary alicyclic amines) is 1. The number of ether oxygens (including phenoxy) is 1. The molecule has 19 heavy (non-hydrogen) atoms. The molecule has 0 aromatic heterocycles. The lowest BCUT2D eigenvalue weighted by molar-refractivity contribution is 0.235. The molecule has 0 bridgehead atoms. The summed E-state index contributed by atoms with van der Waals surface area (Å²) in [6.07, 6.45) is 0. The average molecular weight is 260 g/mol. The Hall–Kier alpha value is -1.06. The largest absolute Gasteiger partial charge is 0.494 e. The van der Waals surface area contributed by atoms with E-state index in [1.165, 1.54) is 31.7 Å². The molecule has 1 N–H and O–H groups in total. The highest BCUT2D eigenvalue weighted by molar-refractivity contribution is 5.35. The molecule has 3 atom stereocenters. The minimum absolute atomic E-state index is 0.452. The Morgan fingerprint density at radius 3 is 2.63 bits per heavy atom. The first kappa shape index (κ1) is 12.9. The molecular weight excluding hydrogens is 236 g/mol. The van der Waals surface area contributed by atoms with Gasteiger partial charge in [-0.3, -0.25) is 4.90 Å². The van der Waals surface area contributed by atoms with Crippen molar-refractivity contribution in [1.82, 2.24) is 10.2 Å². The van der Waals surface area contributed by atoms with Gasteiger partial charge in [-0.05, 0) is 44.8 Å². The predicted octanol–water partition coefficient (Wildman–Crippen LogP) is 2.30. The van der Waals surface area contributed by atoms with Crippen molar-refractivity contribution in [2.24, 2.45) is 11.8 Å². The quantitative estimate of drug-likeness (QED) is 0.899. The van der Waals surface area contributed by atoms with Crippen molar-refractivity contribution in [3.63, 3.8) is 0 Å². The van der Waals surface area contributed by atoms with Crippen LogP contribution in [-0.2, 0) is 0 Å². The maximum absolute atomic E-state index is 5.77. The number of rotatable bonds is 4. The van der Waals surface area contributed by atoms with Crippen molar-refractivity contribution < 1.29 is 4.74 Å². The van der Waals surface area contributed by atoms with Gasteiger partial charge in [0, 0.05) is 24.7 Å². The minimum atomic E-state index is 0.452. The Labute approximate surface area is 115 Å². The number of hydrogen-bond donors (Lipinski definition) is 1. The SMILES string of the molecule is CCOc1ccccc1C(C)N1C[C@H]2CNC[C@H]2C1. The molecule has 2 saturated heterocycles. The molecule has 0 aliphatic carbocycles. The van der Waals surface area contributed by atoms with Crippen molar-refractivity contribution in [3.05, 3.63) is 29.8 Å². The second kappa shape index (κ2) is 5.51. The van der Waals surface area contributed by atoms with Gasteiger partial charge in [0.2, 0.25) is 0 Å². The third-order valence-electron chi connectivity index (χ3n) is 4.63. The predicted molar refractivity (Wildman–Crippen MR) is 77.4 cm³/mol. The third kappa shape index (κ3) is 2.49. The van der Waals surface area contributed by atoms with E-state index in [2.05, 4.69) is 41.4 Å². The van der Waals surface area contributed by atoms with Gasteiger partial charge in [-0.2, -0.15) is 0 Å². The van der Waals surface area contributed by atoms with Crippen LogP contribution in [0.15, 0.2) is 24.3 Å². The topological polar surface area (TPSA) is 24.5 Å². The Balaban J connectivity index is 1.75. The summed E-state index contributed by atoms with van der Waals surface area (Å²) in [5.41, 5.74) is 1.33. The first-order chi connectivity index (χ1) is 9.29. The fourth-order valence-corrected chi connectivity index (χ4v) is 3.52. The molecule has 1 aromatic carbocycles. The Kier molecular flexibility index (Phi) is 3.76. The molecular formula is C16H24N2O. The van der Waals surface area contributed by atoms with Crippen molar-refractivity contribution in [2.45, 2.75) is 19.9 Å². The van der Waals surface area contributed by atoms with Gasteiger partial charge in [-0.15, -0.1) is 0 Å². The zero-order valence-electron chi connectivity index (χ0n) is 11.9. The molecule has 0 saturated carbocycles. The Morgan fingerprint density at radius 2 is 1.95 bits per heavy atom. The molecule has 2 fully saturated rings. The van der Waals surface area contributed by atoms with Crippen molar-refractivity contribution in [3.8, 4) is 5.75 Å². The number of nitrogens with zero attached hydrogens (tertiary/aromatic N) is 1. The summed E-state index contributed by atoms with van der Waals surface area (Å²) in [5, 5.41) is 3.50. The Bertz CT molecular complexity index is 423. The average Bonchev–Trinajstić information content (AvgIpc) is 2.99. The summed E-state index contributed by atoms with van der Waals surface area (Å²) in [6.45, 7) is 9.93. The monoisotopic (exact) mass is 260 g/mol. The first-order valence-electron chi connectivity index (χ1n) is 7.46. The van der Waals surface area contributed by atoms with Gasteiger partial charge in [0.15, 0.2) is 0 Å². The summed E-state index contributed by atoms with van der Waals surface area (Å²) in [6, 6.07) is 8.93. The second-order valence-corrected chi connectivity index (χ2v) is 5.78. The smallest absolute Gasteiger partial charge is 0.124 e. The lowest BCUT2D eigenvalue weighted by atomic mass is 10.0. The molecule has 3 rings (SSSR count). The minimum Gasteiger partial charge on any atom is -0.494 e. The van der Waals surface area contributed by atoms with E-state index in [9.17, 15) is 0 Å². The van der Waals surface area contributed by atoms with Gasteiger partial charge in [-0.25, -0.2) is 0 Å². The van der Waals surface area contributed by atoms with Crippen LogP contribution in [-0.4, -0.2) is 37.7 Å².